The fourth-order valence-electron chi connectivity index (χ4n) is 2.29. The number of rotatable bonds is 1. The molecule has 2 aromatic rings. The topological polar surface area (TPSA) is 76.7 Å². The number of pyridine rings is 1. The standard InChI is InChI=1S/C12H15N5/c1-7-15-11(13)8-4-5-10(17-12(8)16-7)9-3-2-6-14-9/h4-5,9,14H,2-3,6H2,1H3,(H2,13,15,16,17). The SMILES string of the molecule is Cc1nc(N)c2ccc(C3CCCN3)nc2n1. The van der Waals surface area contributed by atoms with Crippen molar-refractivity contribution in [3.63, 3.8) is 0 Å². The number of hydrogen-bond donors (Lipinski definition) is 2. The van der Waals surface area contributed by atoms with E-state index < -0.39 is 0 Å². The molecule has 5 heteroatoms. The summed E-state index contributed by atoms with van der Waals surface area (Å²) in [7, 11) is 0. The van der Waals surface area contributed by atoms with E-state index in [9.17, 15) is 0 Å². The zero-order valence-corrected chi connectivity index (χ0v) is 9.77. The Bertz CT molecular complexity index is 560. The van der Waals surface area contributed by atoms with E-state index in [1.807, 2.05) is 19.1 Å². The molecule has 88 valence electrons. The molecule has 0 spiro atoms. The Hall–Kier alpha value is -1.75. The molecule has 1 aliphatic heterocycles. The molecule has 0 saturated carbocycles. The van der Waals surface area contributed by atoms with Crippen LogP contribution in [-0.2, 0) is 0 Å². The van der Waals surface area contributed by atoms with E-state index >= 15 is 0 Å². The summed E-state index contributed by atoms with van der Waals surface area (Å²) in [5.74, 6) is 1.17. The van der Waals surface area contributed by atoms with Gasteiger partial charge in [-0.3, -0.25) is 0 Å². The second-order valence-corrected chi connectivity index (χ2v) is 4.41. The van der Waals surface area contributed by atoms with Crippen LogP contribution in [0.25, 0.3) is 11.0 Å². The molecule has 1 atom stereocenters. The van der Waals surface area contributed by atoms with Crippen LogP contribution < -0.4 is 11.1 Å². The highest BCUT2D eigenvalue weighted by atomic mass is 15.0. The molecule has 3 heterocycles. The second-order valence-electron chi connectivity index (χ2n) is 4.41. The Kier molecular flexibility index (Phi) is 2.40. The van der Waals surface area contributed by atoms with Crippen molar-refractivity contribution in [2.24, 2.45) is 0 Å². The summed E-state index contributed by atoms with van der Waals surface area (Å²) in [5, 5.41) is 4.26. The number of aromatic nitrogens is 3. The van der Waals surface area contributed by atoms with Gasteiger partial charge in [-0.15, -0.1) is 0 Å². The third-order valence-electron chi connectivity index (χ3n) is 3.14. The van der Waals surface area contributed by atoms with Gasteiger partial charge in [0.25, 0.3) is 0 Å². The van der Waals surface area contributed by atoms with Gasteiger partial charge in [0.15, 0.2) is 5.65 Å². The van der Waals surface area contributed by atoms with E-state index in [0.29, 0.717) is 23.3 Å². The number of nitrogens with two attached hydrogens (primary N) is 1. The molecule has 0 amide bonds. The predicted octanol–water partition coefficient (Wildman–Crippen LogP) is 1.34. The third kappa shape index (κ3) is 1.82. The number of fused-ring (bicyclic) bond motifs is 1. The monoisotopic (exact) mass is 229 g/mol. The van der Waals surface area contributed by atoms with Crippen molar-refractivity contribution in [2.75, 3.05) is 12.3 Å². The summed E-state index contributed by atoms with van der Waals surface area (Å²) >= 11 is 0. The lowest BCUT2D eigenvalue weighted by atomic mass is 10.1. The van der Waals surface area contributed by atoms with Gasteiger partial charge in [0.1, 0.15) is 11.6 Å². The highest BCUT2D eigenvalue weighted by molar-refractivity contribution is 5.85. The molecule has 3 rings (SSSR count). The predicted molar refractivity (Wildman–Crippen MR) is 66.5 cm³/mol. The van der Waals surface area contributed by atoms with Crippen molar-refractivity contribution in [1.29, 1.82) is 0 Å². The smallest absolute Gasteiger partial charge is 0.165 e. The molecule has 0 radical (unpaired) electrons. The van der Waals surface area contributed by atoms with Crippen molar-refractivity contribution in [2.45, 2.75) is 25.8 Å². The van der Waals surface area contributed by atoms with E-state index in [2.05, 4.69) is 20.3 Å². The summed E-state index contributed by atoms with van der Waals surface area (Å²) in [6.07, 6.45) is 2.34. The lowest BCUT2D eigenvalue weighted by molar-refractivity contribution is 0.630. The molecular weight excluding hydrogens is 214 g/mol. The minimum atomic E-state index is 0.357. The van der Waals surface area contributed by atoms with E-state index in [0.717, 1.165) is 24.0 Å². The first-order chi connectivity index (χ1) is 8.24. The van der Waals surface area contributed by atoms with E-state index in [1.54, 1.807) is 0 Å². The van der Waals surface area contributed by atoms with Gasteiger partial charge in [0, 0.05) is 6.04 Å². The number of anilines is 1. The molecule has 1 saturated heterocycles. The maximum Gasteiger partial charge on any atom is 0.165 e. The first kappa shape index (κ1) is 10.4. The van der Waals surface area contributed by atoms with Crippen LogP contribution in [0.3, 0.4) is 0 Å². The number of aryl methyl sites for hydroxylation is 1. The lowest BCUT2D eigenvalue weighted by Gasteiger charge is -2.10. The number of hydrogen-bond acceptors (Lipinski definition) is 5. The molecule has 5 nitrogen and oxygen atoms in total. The van der Waals surface area contributed by atoms with Crippen LogP contribution in [0.5, 0.6) is 0 Å². The van der Waals surface area contributed by atoms with Crippen LogP contribution in [0.1, 0.15) is 30.4 Å². The lowest BCUT2D eigenvalue weighted by Crippen LogP contribution is -2.14. The van der Waals surface area contributed by atoms with Crippen LogP contribution >= 0.6 is 0 Å². The summed E-state index contributed by atoms with van der Waals surface area (Å²) < 4.78 is 0. The second kappa shape index (κ2) is 3.92. The van der Waals surface area contributed by atoms with E-state index in [-0.39, 0.29) is 0 Å². The van der Waals surface area contributed by atoms with Gasteiger partial charge in [-0.2, -0.15) is 0 Å². The molecule has 2 aromatic heterocycles. The summed E-state index contributed by atoms with van der Waals surface area (Å²) in [6.45, 7) is 2.90. The Morgan fingerprint density at radius 1 is 1.29 bits per heavy atom. The molecular formula is C12H15N5. The molecule has 1 fully saturated rings. The zero-order chi connectivity index (χ0) is 11.8. The summed E-state index contributed by atoms with van der Waals surface area (Å²) in [4.78, 5) is 13.1. The van der Waals surface area contributed by atoms with Crippen LogP contribution in [-0.4, -0.2) is 21.5 Å². The minimum Gasteiger partial charge on any atom is -0.383 e. The fourth-order valence-corrected chi connectivity index (χ4v) is 2.29. The maximum absolute atomic E-state index is 5.85. The average Bonchev–Trinajstić information content (AvgIpc) is 2.81. The van der Waals surface area contributed by atoms with Crippen molar-refractivity contribution in [3.05, 3.63) is 23.7 Å². The quantitative estimate of drug-likeness (QED) is 0.771. The van der Waals surface area contributed by atoms with Crippen LogP contribution in [0, 0.1) is 6.92 Å². The largest absolute Gasteiger partial charge is 0.383 e. The van der Waals surface area contributed by atoms with E-state index in [1.165, 1.54) is 6.42 Å². The molecule has 1 unspecified atom stereocenters. The van der Waals surface area contributed by atoms with Gasteiger partial charge in [0.05, 0.1) is 11.1 Å². The van der Waals surface area contributed by atoms with Crippen molar-refractivity contribution in [1.82, 2.24) is 20.3 Å². The summed E-state index contributed by atoms with van der Waals surface area (Å²) in [6, 6.07) is 4.34. The van der Waals surface area contributed by atoms with Gasteiger partial charge >= 0.3 is 0 Å². The fraction of sp³-hybridized carbons (Fsp3) is 0.417. The Morgan fingerprint density at radius 3 is 2.94 bits per heavy atom. The maximum atomic E-state index is 5.85. The molecule has 0 aliphatic carbocycles. The Balaban J connectivity index is 2.11. The molecule has 3 N–H and O–H groups in total. The normalized spacial score (nSPS) is 19.9. The van der Waals surface area contributed by atoms with Crippen LogP contribution in [0.15, 0.2) is 12.1 Å². The van der Waals surface area contributed by atoms with Crippen molar-refractivity contribution < 1.29 is 0 Å². The average molecular weight is 229 g/mol. The summed E-state index contributed by atoms with van der Waals surface area (Å²) in [5.41, 5.74) is 7.60. The first-order valence-corrected chi connectivity index (χ1v) is 5.88. The zero-order valence-electron chi connectivity index (χ0n) is 9.77. The van der Waals surface area contributed by atoms with Crippen LogP contribution in [0.4, 0.5) is 5.82 Å². The Morgan fingerprint density at radius 2 is 2.18 bits per heavy atom. The van der Waals surface area contributed by atoms with Crippen molar-refractivity contribution in [3.8, 4) is 0 Å². The Labute approximate surface area is 99.5 Å². The van der Waals surface area contributed by atoms with Gasteiger partial charge in [-0.05, 0) is 38.4 Å². The third-order valence-corrected chi connectivity index (χ3v) is 3.14. The van der Waals surface area contributed by atoms with E-state index in [4.69, 9.17) is 5.73 Å². The highest BCUT2D eigenvalue weighted by Crippen LogP contribution is 2.24. The number of nitrogen functional groups attached to an aromatic ring is 1. The number of nitrogens with zero attached hydrogens (tertiary/aromatic N) is 3. The van der Waals surface area contributed by atoms with Crippen molar-refractivity contribution >= 4 is 16.9 Å². The van der Waals surface area contributed by atoms with Gasteiger partial charge < -0.3 is 11.1 Å². The number of nitrogens with one attached hydrogen (secondary N) is 1. The molecule has 0 bridgehead atoms. The van der Waals surface area contributed by atoms with Gasteiger partial charge in [0.2, 0.25) is 0 Å². The van der Waals surface area contributed by atoms with Crippen LogP contribution in [0.2, 0.25) is 0 Å². The first-order valence-electron chi connectivity index (χ1n) is 5.88. The highest BCUT2D eigenvalue weighted by Gasteiger charge is 2.18. The molecule has 0 aromatic carbocycles. The minimum absolute atomic E-state index is 0.357. The molecule has 17 heavy (non-hydrogen) atoms. The van der Waals surface area contributed by atoms with Gasteiger partial charge in [-0.1, -0.05) is 0 Å². The van der Waals surface area contributed by atoms with Gasteiger partial charge in [-0.25, -0.2) is 15.0 Å². The molecule has 1 aliphatic rings.